The summed E-state index contributed by atoms with van der Waals surface area (Å²) >= 11 is 2.96. The lowest BCUT2D eigenvalue weighted by atomic mass is 9.79. The fourth-order valence-electron chi connectivity index (χ4n) is 2.89. The van der Waals surface area contributed by atoms with Crippen LogP contribution in [0.15, 0.2) is 16.6 Å². The largest absolute Gasteiger partial charge is 0.388 e. The molecule has 2 atom stereocenters. The highest BCUT2D eigenvalue weighted by Gasteiger charge is 2.33. The molecule has 0 spiro atoms. The van der Waals surface area contributed by atoms with E-state index >= 15 is 0 Å². The van der Waals surface area contributed by atoms with E-state index in [4.69, 9.17) is 0 Å². The van der Waals surface area contributed by atoms with Gasteiger partial charge in [-0.3, -0.25) is 4.79 Å². The molecule has 1 aromatic rings. The molecule has 0 bridgehead atoms. The van der Waals surface area contributed by atoms with E-state index < -0.39 is 28.7 Å². The zero-order chi connectivity index (χ0) is 15.6. The van der Waals surface area contributed by atoms with Crippen LogP contribution in [0.2, 0.25) is 0 Å². The Morgan fingerprint density at radius 1 is 1.48 bits per heavy atom. The van der Waals surface area contributed by atoms with E-state index in [0.717, 1.165) is 25.0 Å². The minimum atomic E-state index is -0.990. The van der Waals surface area contributed by atoms with Crippen molar-refractivity contribution in [3.05, 3.63) is 33.8 Å². The first-order valence-electron chi connectivity index (χ1n) is 6.96. The molecule has 2 N–H and O–H groups in total. The average Bonchev–Trinajstić information content (AvgIpc) is 2.35. The molecule has 0 radical (unpaired) electrons. The molecule has 6 heteroatoms. The molecule has 0 heterocycles. The van der Waals surface area contributed by atoms with Crippen molar-refractivity contribution >= 4 is 21.8 Å². The van der Waals surface area contributed by atoms with Gasteiger partial charge in [-0.15, -0.1) is 0 Å². The predicted octanol–water partition coefficient (Wildman–Crippen LogP) is 3.40. The van der Waals surface area contributed by atoms with Gasteiger partial charge in [0.1, 0.15) is 17.2 Å². The van der Waals surface area contributed by atoms with Crippen molar-refractivity contribution < 1.29 is 18.7 Å². The standard InChI is InChI=1S/C15H18BrF2NO2/c1-9-3-2-4-15(21,7-9)8-19-14(20)13-11(17)5-10(16)6-12(13)18/h5-6,9,21H,2-4,7-8H2,1H3,(H,19,20). The summed E-state index contributed by atoms with van der Waals surface area (Å²) in [7, 11) is 0. The van der Waals surface area contributed by atoms with Crippen LogP contribution in [0, 0.1) is 17.6 Å². The third kappa shape index (κ3) is 4.01. The molecule has 1 saturated carbocycles. The number of carbonyl (C=O) groups excluding carboxylic acids is 1. The summed E-state index contributed by atoms with van der Waals surface area (Å²) in [6.45, 7) is 2.05. The summed E-state index contributed by atoms with van der Waals surface area (Å²) in [6, 6.07) is 2.07. The predicted molar refractivity (Wildman–Crippen MR) is 79.0 cm³/mol. The highest BCUT2D eigenvalue weighted by Crippen LogP contribution is 2.31. The number of benzene rings is 1. The van der Waals surface area contributed by atoms with Gasteiger partial charge in [0.25, 0.3) is 5.91 Å². The third-order valence-electron chi connectivity index (χ3n) is 3.88. The Bertz CT molecular complexity index is 529. The minimum absolute atomic E-state index is 0.00508. The maximum atomic E-state index is 13.7. The Morgan fingerprint density at radius 3 is 2.67 bits per heavy atom. The molecule has 1 aromatic carbocycles. The normalized spacial score (nSPS) is 25.7. The summed E-state index contributed by atoms with van der Waals surface area (Å²) in [5.41, 5.74) is -1.61. The maximum absolute atomic E-state index is 13.7. The van der Waals surface area contributed by atoms with E-state index in [1.807, 2.05) is 6.92 Å². The molecule has 116 valence electrons. The average molecular weight is 362 g/mol. The number of aliphatic hydroxyl groups is 1. The van der Waals surface area contributed by atoms with E-state index in [9.17, 15) is 18.7 Å². The highest BCUT2D eigenvalue weighted by molar-refractivity contribution is 9.10. The van der Waals surface area contributed by atoms with Crippen LogP contribution in [0.5, 0.6) is 0 Å². The fraction of sp³-hybridized carbons (Fsp3) is 0.533. The molecule has 0 saturated heterocycles. The van der Waals surface area contributed by atoms with Crippen LogP contribution in [0.1, 0.15) is 43.0 Å². The molecule has 2 unspecified atom stereocenters. The van der Waals surface area contributed by atoms with E-state index in [2.05, 4.69) is 21.2 Å². The van der Waals surface area contributed by atoms with Crippen molar-refractivity contribution in [2.24, 2.45) is 5.92 Å². The van der Waals surface area contributed by atoms with Gasteiger partial charge < -0.3 is 10.4 Å². The number of nitrogens with one attached hydrogen (secondary N) is 1. The number of rotatable bonds is 3. The lowest BCUT2D eigenvalue weighted by Gasteiger charge is -2.35. The van der Waals surface area contributed by atoms with Crippen molar-refractivity contribution in [3.63, 3.8) is 0 Å². The summed E-state index contributed by atoms with van der Waals surface area (Å²) in [6.07, 6.45) is 3.10. The molecule has 21 heavy (non-hydrogen) atoms. The first kappa shape index (κ1) is 16.4. The van der Waals surface area contributed by atoms with Crippen LogP contribution in [0.25, 0.3) is 0 Å². The molecule has 1 fully saturated rings. The Labute approximate surface area is 130 Å². The third-order valence-corrected chi connectivity index (χ3v) is 4.34. The summed E-state index contributed by atoms with van der Waals surface area (Å²) < 4.78 is 27.6. The fourth-order valence-corrected chi connectivity index (χ4v) is 3.29. The van der Waals surface area contributed by atoms with Gasteiger partial charge in [-0.25, -0.2) is 8.78 Å². The number of halogens is 3. The molecule has 0 aromatic heterocycles. The molecule has 1 amide bonds. The molecule has 1 aliphatic rings. The van der Waals surface area contributed by atoms with E-state index in [1.54, 1.807) is 0 Å². The summed E-state index contributed by atoms with van der Waals surface area (Å²) in [4.78, 5) is 11.9. The summed E-state index contributed by atoms with van der Waals surface area (Å²) in [5.74, 6) is -2.32. The number of amides is 1. The molecule has 3 nitrogen and oxygen atoms in total. The first-order chi connectivity index (χ1) is 9.81. The van der Waals surface area contributed by atoms with Crippen LogP contribution in [-0.4, -0.2) is 23.2 Å². The number of carbonyl (C=O) groups is 1. The second kappa shape index (κ2) is 6.40. The lowest BCUT2D eigenvalue weighted by molar-refractivity contribution is -0.0110. The zero-order valence-corrected chi connectivity index (χ0v) is 13.3. The Hall–Kier alpha value is -1.01. The highest BCUT2D eigenvalue weighted by atomic mass is 79.9. The van der Waals surface area contributed by atoms with E-state index in [-0.39, 0.29) is 11.0 Å². The van der Waals surface area contributed by atoms with Gasteiger partial charge in [0.15, 0.2) is 0 Å². The smallest absolute Gasteiger partial charge is 0.257 e. The first-order valence-corrected chi connectivity index (χ1v) is 7.75. The lowest BCUT2D eigenvalue weighted by Crippen LogP contribution is -2.46. The van der Waals surface area contributed by atoms with Crippen molar-refractivity contribution in [1.82, 2.24) is 5.32 Å². The Morgan fingerprint density at radius 2 is 2.10 bits per heavy atom. The van der Waals surface area contributed by atoms with Crippen molar-refractivity contribution in [2.45, 2.75) is 38.2 Å². The van der Waals surface area contributed by atoms with Crippen LogP contribution in [-0.2, 0) is 0 Å². The minimum Gasteiger partial charge on any atom is -0.388 e. The maximum Gasteiger partial charge on any atom is 0.257 e. The van der Waals surface area contributed by atoms with Crippen molar-refractivity contribution in [2.75, 3.05) is 6.54 Å². The van der Waals surface area contributed by atoms with Gasteiger partial charge in [-0.2, -0.15) is 0 Å². The van der Waals surface area contributed by atoms with Crippen LogP contribution >= 0.6 is 15.9 Å². The van der Waals surface area contributed by atoms with Crippen LogP contribution in [0.4, 0.5) is 8.78 Å². The van der Waals surface area contributed by atoms with Gasteiger partial charge in [0.2, 0.25) is 0 Å². The number of hydrogen-bond donors (Lipinski definition) is 2. The second-order valence-corrected chi connectivity index (χ2v) is 6.77. The molecule has 2 rings (SSSR count). The topological polar surface area (TPSA) is 49.3 Å². The van der Waals surface area contributed by atoms with E-state index in [1.165, 1.54) is 0 Å². The van der Waals surface area contributed by atoms with Crippen molar-refractivity contribution in [1.29, 1.82) is 0 Å². The molecule has 1 aliphatic carbocycles. The van der Waals surface area contributed by atoms with Gasteiger partial charge in [-0.05, 0) is 30.9 Å². The summed E-state index contributed by atoms with van der Waals surface area (Å²) in [5, 5.41) is 12.9. The van der Waals surface area contributed by atoms with Gasteiger partial charge in [0, 0.05) is 11.0 Å². The number of hydrogen-bond acceptors (Lipinski definition) is 2. The zero-order valence-electron chi connectivity index (χ0n) is 11.8. The Balaban J connectivity index is 2.05. The molecular weight excluding hydrogens is 344 g/mol. The molecule has 0 aliphatic heterocycles. The van der Waals surface area contributed by atoms with Crippen LogP contribution in [0.3, 0.4) is 0 Å². The molecular formula is C15H18BrF2NO2. The monoisotopic (exact) mass is 361 g/mol. The quantitative estimate of drug-likeness (QED) is 0.866. The van der Waals surface area contributed by atoms with E-state index in [0.29, 0.717) is 18.8 Å². The van der Waals surface area contributed by atoms with Crippen molar-refractivity contribution in [3.8, 4) is 0 Å². The van der Waals surface area contributed by atoms with Gasteiger partial charge in [0.05, 0.1) is 5.60 Å². The Kier molecular flexibility index (Phi) is 4.99. The second-order valence-electron chi connectivity index (χ2n) is 5.85. The van der Waals surface area contributed by atoms with Gasteiger partial charge in [-0.1, -0.05) is 35.7 Å². The van der Waals surface area contributed by atoms with Gasteiger partial charge >= 0.3 is 0 Å². The van der Waals surface area contributed by atoms with Crippen LogP contribution < -0.4 is 5.32 Å². The SMILES string of the molecule is CC1CCCC(O)(CNC(=O)c2c(F)cc(Br)cc2F)C1.